The lowest BCUT2D eigenvalue weighted by atomic mass is 10.1. The van der Waals surface area contributed by atoms with Gasteiger partial charge in [0.2, 0.25) is 0 Å². The maximum Gasteiger partial charge on any atom is 0.341 e. The molecule has 13 heteroatoms. The molecule has 1 aliphatic heterocycles. The van der Waals surface area contributed by atoms with Crippen LogP contribution in [0, 0.1) is 0 Å². The van der Waals surface area contributed by atoms with Crippen LogP contribution < -0.4 is 5.32 Å². The number of nitrogens with zero attached hydrogens (tertiary/aromatic N) is 6. The van der Waals surface area contributed by atoms with Crippen LogP contribution in [0.15, 0.2) is 49.1 Å². The molecule has 188 valence electrons. The van der Waals surface area contributed by atoms with Crippen molar-refractivity contribution in [1.82, 2.24) is 29.3 Å². The van der Waals surface area contributed by atoms with Crippen LogP contribution in [-0.4, -0.2) is 82.1 Å². The molecule has 1 fully saturated rings. The van der Waals surface area contributed by atoms with Crippen LogP contribution in [-0.2, 0) is 16.0 Å². The van der Waals surface area contributed by atoms with Crippen LogP contribution >= 0.6 is 0 Å². The molecule has 1 aliphatic rings. The first-order valence-electron chi connectivity index (χ1n) is 11.4. The molecule has 0 bridgehead atoms. The predicted molar refractivity (Wildman–Crippen MR) is 125 cm³/mol. The number of nitrogens with one attached hydrogen (secondary N) is 1. The lowest BCUT2D eigenvalue weighted by Crippen LogP contribution is -2.33. The van der Waals surface area contributed by atoms with Gasteiger partial charge in [0.15, 0.2) is 23.2 Å². The highest BCUT2D eigenvalue weighted by molar-refractivity contribution is 5.89. The topological polar surface area (TPSA) is 170 Å². The lowest BCUT2D eigenvalue weighted by Gasteiger charge is -2.17. The highest BCUT2D eigenvalue weighted by atomic mass is 16.6. The molecule has 4 unspecified atom stereocenters. The number of rotatable bonds is 8. The van der Waals surface area contributed by atoms with E-state index in [0.717, 1.165) is 5.56 Å². The minimum absolute atomic E-state index is 0.127. The van der Waals surface area contributed by atoms with Crippen molar-refractivity contribution in [2.45, 2.75) is 38.0 Å². The third-order valence-corrected chi connectivity index (χ3v) is 5.80. The van der Waals surface area contributed by atoms with Crippen LogP contribution in [0.3, 0.4) is 0 Å². The first-order chi connectivity index (χ1) is 17.5. The molecule has 0 spiro atoms. The van der Waals surface area contributed by atoms with E-state index in [1.807, 2.05) is 30.3 Å². The average Bonchev–Trinajstić information content (AvgIpc) is 3.62. The van der Waals surface area contributed by atoms with Crippen molar-refractivity contribution in [2.24, 2.45) is 0 Å². The Morgan fingerprint density at radius 3 is 2.72 bits per heavy atom. The first-order valence-corrected chi connectivity index (χ1v) is 11.4. The maximum atomic E-state index is 12.1. The Kier molecular flexibility index (Phi) is 6.61. The number of benzene rings is 1. The minimum Gasteiger partial charge on any atom is -0.462 e. The molecule has 5 rings (SSSR count). The fourth-order valence-electron chi connectivity index (χ4n) is 3.96. The number of fused-ring (bicyclic) bond motifs is 1. The normalized spacial score (nSPS) is 21.7. The predicted octanol–water partition coefficient (Wildman–Crippen LogP) is 0.412. The zero-order valence-electron chi connectivity index (χ0n) is 19.3. The molecule has 0 aliphatic carbocycles. The van der Waals surface area contributed by atoms with Crippen LogP contribution in [0.1, 0.15) is 29.1 Å². The highest BCUT2D eigenvalue weighted by Crippen LogP contribution is 2.32. The fraction of sp³-hybridized carbons (Fsp3) is 0.348. The second-order valence-corrected chi connectivity index (χ2v) is 8.16. The zero-order valence-corrected chi connectivity index (χ0v) is 19.3. The number of anilines is 1. The zero-order chi connectivity index (χ0) is 25.2. The summed E-state index contributed by atoms with van der Waals surface area (Å²) in [5.74, 6) is -0.0107. The molecule has 1 saturated heterocycles. The van der Waals surface area contributed by atoms with Crippen LogP contribution in [0.25, 0.3) is 17.1 Å². The van der Waals surface area contributed by atoms with Gasteiger partial charge in [-0.2, -0.15) is 15.1 Å². The molecule has 4 heterocycles. The summed E-state index contributed by atoms with van der Waals surface area (Å²) in [6.45, 7) is 1.92. The Balaban J connectivity index is 1.56. The van der Waals surface area contributed by atoms with E-state index in [2.05, 4.69) is 25.4 Å². The van der Waals surface area contributed by atoms with Crippen molar-refractivity contribution in [3.8, 4) is 5.95 Å². The molecular weight excluding hydrogens is 470 g/mol. The lowest BCUT2D eigenvalue weighted by molar-refractivity contribution is -0.0511. The van der Waals surface area contributed by atoms with Gasteiger partial charge in [0, 0.05) is 12.7 Å². The van der Waals surface area contributed by atoms with E-state index < -0.39 is 37.1 Å². The Bertz CT molecular complexity index is 1360. The first kappa shape index (κ1) is 23.8. The molecular formula is C23H25N7O6. The van der Waals surface area contributed by atoms with Gasteiger partial charge in [0.25, 0.3) is 5.95 Å². The van der Waals surface area contributed by atoms with E-state index in [4.69, 9.17) is 9.47 Å². The van der Waals surface area contributed by atoms with E-state index >= 15 is 0 Å². The monoisotopic (exact) mass is 495 g/mol. The van der Waals surface area contributed by atoms with Crippen molar-refractivity contribution in [3.63, 3.8) is 0 Å². The largest absolute Gasteiger partial charge is 0.462 e. The number of imidazole rings is 1. The van der Waals surface area contributed by atoms with Gasteiger partial charge in [-0.25, -0.2) is 14.5 Å². The summed E-state index contributed by atoms with van der Waals surface area (Å²) in [6, 6.07) is 9.70. The number of hydrogen-bond donors (Lipinski definition) is 4. The second kappa shape index (κ2) is 9.99. The van der Waals surface area contributed by atoms with Crippen LogP contribution in [0.2, 0.25) is 0 Å². The Morgan fingerprint density at radius 1 is 1.19 bits per heavy atom. The van der Waals surface area contributed by atoms with Gasteiger partial charge in [-0.3, -0.25) is 4.57 Å². The number of aliphatic hydroxyl groups is 3. The van der Waals surface area contributed by atoms with Gasteiger partial charge in [-0.15, -0.1) is 0 Å². The minimum atomic E-state index is -1.32. The SMILES string of the molecule is CCOC(=O)c1cnn(-c2nc(NCc3ccccc3)c3ncn(C4OC(CO)C(O)C4O)c3n2)c1. The van der Waals surface area contributed by atoms with Crippen molar-refractivity contribution < 1.29 is 29.6 Å². The summed E-state index contributed by atoms with van der Waals surface area (Å²) in [5, 5.41) is 37.7. The summed E-state index contributed by atoms with van der Waals surface area (Å²) in [7, 11) is 0. The maximum absolute atomic E-state index is 12.1. The molecule has 0 radical (unpaired) electrons. The van der Waals surface area contributed by atoms with Crippen LogP contribution in [0.5, 0.6) is 0 Å². The molecule has 13 nitrogen and oxygen atoms in total. The number of aliphatic hydroxyl groups excluding tert-OH is 3. The van der Waals surface area contributed by atoms with Gasteiger partial charge in [-0.1, -0.05) is 30.3 Å². The van der Waals surface area contributed by atoms with Crippen molar-refractivity contribution >= 4 is 23.0 Å². The smallest absolute Gasteiger partial charge is 0.341 e. The molecule has 3 aromatic heterocycles. The van der Waals surface area contributed by atoms with E-state index in [0.29, 0.717) is 23.5 Å². The number of aromatic nitrogens is 6. The summed E-state index contributed by atoms with van der Waals surface area (Å²) in [5.41, 5.74) is 1.93. The second-order valence-electron chi connectivity index (χ2n) is 8.16. The third kappa shape index (κ3) is 4.40. The highest BCUT2D eigenvalue weighted by Gasteiger charge is 2.44. The molecule has 0 saturated carbocycles. The van der Waals surface area contributed by atoms with E-state index in [1.54, 1.807) is 6.92 Å². The van der Waals surface area contributed by atoms with Crippen LogP contribution in [0.4, 0.5) is 5.82 Å². The van der Waals surface area contributed by atoms with Crippen molar-refractivity contribution in [2.75, 3.05) is 18.5 Å². The van der Waals surface area contributed by atoms with E-state index in [1.165, 1.54) is 28.0 Å². The summed E-state index contributed by atoms with van der Waals surface area (Å²) >= 11 is 0. The molecule has 36 heavy (non-hydrogen) atoms. The summed E-state index contributed by atoms with van der Waals surface area (Å²) in [4.78, 5) is 25.6. The van der Waals surface area contributed by atoms with Crippen molar-refractivity contribution in [1.29, 1.82) is 0 Å². The van der Waals surface area contributed by atoms with Crippen molar-refractivity contribution in [3.05, 3.63) is 60.2 Å². The van der Waals surface area contributed by atoms with E-state index in [-0.39, 0.29) is 18.1 Å². The molecule has 1 aromatic carbocycles. The number of hydrogen-bond acceptors (Lipinski definition) is 11. The molecule has 4 aromatic rings. The molecule has 0 amide bonds. The number of carbonyl (C=O) groups excluding carboxylic acids is 1. The Hall–Kier alpha value is -3.91. The Labute approximate surface area is 205 Å². The van der Waals surface area contributed by atoms with Gasteiger partial charge < -0.3 is 30.1 Å². The number of ether oxygens (including phenoxy) is 2. The standard InChI is InChI=1S/C23H25N7O6/c1-2-35-22(34)14-9-26-30(10-14)23-27-19(24-8-13-6-4-3-5-7-13)16-20(28-23)29(12-25-16)21-18(33)17(32)15(11-31)36-21/h3-7,9-10,12,15,17-18,21,31-33H,2,8,11H2,1H3,(H,24,27,28). The van der Waals surface area contributed by atoms with E-state index in [9.17, 15) is 20.1 Å². The van der Waals surface area contributed by atoms with Gasteiger partial charge in [0.1, 0.15) is 18.3 Å². The fourth-order valence-corrected chi connectivity index (χ4v) is 3.96. The molecule has 4 atom stereocenters. The number of esters is 1. The number of carbonyl (C=O) groups is 1. The summed E-state index contributed by atoms with van der Waals surface area (Å²) in [6.07, 6.45) is -0.382. The van der Waals surface area contributed by atoms with Gasteiger partial charge in [0.05, 0.1) is 31.3 Å². The third-order valence-electron chi connectivity index (χ3n) is 5.80. The average molecular weight is 495 g/mol. The van der Waals surface area contributed by atoms with Gasteiger partial charge >= 0.3 is 5.97 Å². The summed E-state index contributed by atoms with van der Waals surface area (Å²) < 4.78 is 13.5. The molecule has 4 N–H and O–H groups in total. The van der Waals surface area contributed by atoms with Gasteiger partial charge in [-0.05, 0) is 12.5 Å². The Morgan fingerprint density at radius 2 is 2.00 bits per heavy atom. The quantitative estimate of drug-likeness (QED) is 0.250.